The second-order valence-electron chi connectivity index (χ2n) is 6.30. The number of anilines is 2. The predicted octanol–water partition coefficient (Wildman–Crippen LogP) is 3.40. The maximum Gasteiger partial charge on any atom is 0.227 e. The Morgan fingerprint density at radius 3 is 2.77 bits per heavy atom. The first kappa shape index (κ1) is 18.6. The quantitative estimate of drug-likeness (QED) is 0.532. The van der Waals surface area contributed by atoms with Crippen LogP contribution in [-0.4, -0.2) is 37.3 Å². The largest absolute Gasteiger partial charge is 0.394 e. The average Bonchev–Trinajstić information content (AvgIpc) is 3.24. The first-order valence-corrected chi connectivity index (χ1v) is 9.85. The van der Waals surface area contributed by atoms with E-state index in [-0.39, 0.29) is 12.6 Å². The minimum absolute atomic E-state index is 0.0450. The van der Waals surface area contributed by atoms with Crippen molar-refractivity contribution in [2.45, 2.75) is 52.7 Å². The number of thiophene rings is 1. The molecule has 140 valence electrons. The molecule has 3 aromatic rings. The van der Waals surface area contributed by atoms with Gasteiger partial charge in [0.25, 0.3) is 0 Å². The third-order valence-electron chi connectivity index (χ3n) is 4.20. The lowest BCUT2D eigenvalue weighted by Crippen LogP contribution is -2.24. The summed E-state index contributed by atoms with van der Waals surface area (Å²) >= 11 is 1.77. The Bertz CT molecular complexity index is 855. The van der Waals surface area contributed by atoms with Crippen LogP contribution in [0.4, 0.5) is 11.8 Å². The van der Waals surface area contributed by atoms with Gasteiger partial charge in [0, 0.05) is 16.3 Å². The number of hydrogen-bond acceptors (Lipinski definition) is 7. The third kappa shape index (κ3) is 4.13. The molecule has 8 heteroatoms. The maximum absolute atomic E-state index is 9.47. The summed E-state index contributed by atoms with van der Waals surface area (Å²) in [5, 5.41) is 16.1. The molecule has 3 N–H and O–H groups in total. The third-order valence-corrected chi connectivity index (χ3v) is 5.20. The summed E-state index contributed by atoms with van der Waals surface area (Å²) in [6.07, 6.45) is 3.61. The van der Waals surface area contributed by atoms with Gasteiger partial charge in [0.15, 0.2) is 17.0 Å². The minimum Gasteiger partial charge on any atom is -0.394 e. The van der Waals surface area contributed by atoms with Crippen LogP contribution in [0.5, 0.6) is 0 Å². The lowest BCUT2D eigenvalue weighted by atomic mass is 10.2. The predicted molar refractivity (Wildman–Crippen MR) is 107 cm³/mol. The number of nitrogens with one attached hydrogen (secondary N) is 2. The van der Waals surface area contributed by atoms with Gasteiger partial charge >= 0.3 is 0 Å². The summed E-state index contributed by atoms with van der Waals surface area (Å²) in [5.74, 6) is 1.23. The van der Waals surface area contributed by atoms with Crippen LogP contribution in [0.1, 0.15) is 36.4 Å². The van der Waals surface area contributed by atoms with Crippen molar-refractivity contribution >= 4 is 34.3 Å². The van der Waals surface area contributed by atoms with Crippen molar-refractivity contribution in [2.24, 2.45) is 0 Å². The van der Waals surface area contributed by atoms with Gasteiger partial charge in [-0.05, 0) is 31.9 Å². The van der Waals surface area contributed by atoms with E-state index < -0.39 is 0 Å². The molecule has 0 spiro atoms. The molecule has 0 radical (unpaired) electrons. The molecule has 0 aliphatic heterocycles. The van der Waals surface area contributed by atoms with Crippen molar-refractivity contribution in [3.8, 4) is 0 Å². The molecule has 0 aliphatic rings. The molecule has 0 aromatic carbocycles. The van der Waals surface area contributed by atoms with Crippen LogP contribution in [0, 0.1) is 6.92 Å². The van der Waals surface area contributed by atoms with Crippen molar-refractivity contribution < 1.29 is 5.11 Å². The monoisotopic (exact) mass is 374 g/mol. The zero-order chi connectivity index (χ0) is 18.5. The maximum atomic E-state index is 9.47. The number of fused-ring (bicyclic) bond motifs is 1. The first-order chi connectivity index (χ1) is 12.6. The molecular formula is C18H26N6OS. The van der Waals surface area contributed by atoms with Gasteiger partial charge in [-0.15, -0.1) is 11.3 Å². The molecule has 0 amide bonds. The summed E-state index contributed by atoms with van der Waals surface area (Å²) in [4.78, 5) is 16.3. The number of aryl methyl sites for hydroxylation is 2. The van der Waals surface area contributed by atoms with Crippen LogP contribution in [0.25, 0.3) is 11.2 Å². The van der Waals surface area contributed by atoms with E-state index in [0.717, 1.165) is 30.6 Å². The Balaban J connectivity index is 1.93. The summed E-state index contributed by atoms with van der Waals surface area (Å²) in [7, 11) is 0. The number of aliphatic hydroxyl groups excluding tert-OH is 1. The number of aliphatic hydroxyl groups is 1. The number of hydrogen-bond donors (Lipinski definition) is 3. The number of nitrogens with zero attached hydrogens (tertiary/aromatic N) is 4. The van der Waals surface area contributed by atoms with E-state index in [9.17, 15) is 5.11 Å². The van der Waals surface area contributed by atoms with Crippen LogP contribution in [-0.2, 0) is 13.1 Å². The Morgan fingerprint density at radius 2 is 2.12 bits per heavy atom. The molecule has 0 saturated heterocycles. The Morgan fingerprint density at radius 1 is 1.27 bits per heavy atom. The highest BCUT2D eigenvalue weighted by molar-refractivity contribution is 7.11. The minimum atomic E-state index is -0.0669. The fourth-order valence-electron chi connectivity index (χ4n) is 2.75. The van der Waals surface area contributed by atoms with E-state index in [0.29, 0.717) is 18.3 Å². The zero-order valence-electron chi connectivity index (χ0n) is 15.5. The van der Waals surface area contributed by atoms with Crippen molar-refractivity contribution in [1.82, 2.24) is 19.5 Å². The molecule has 7 nitrogen and oxygen atoms in total. The smallest absolute Gasteiger partial charge is 0.227 e. The molecule has 1 atom stereocenters. The van der Waals surface area contributed by atoms with Crippen molar-refractivity contribution in [3.63, 3.8) is 0 Å². The number of rotatable bonds is 9. The van der Waals surface area contributed by atoms with Crippen LogP contribution in [0.3, 0.4) is 0 Å². The molecule has 0 unspecified atom stereocenters. The second kappa shape index (κ2) is 8.46. The lowest BCUT2D eigenvalue weighted by molar-refractivity contribution is 0.271. The van der Waals surface area contributed by atoms with E-state index in [1.165, 1.54) is 9.75 Å². The lowest BCUT2D eigenvalue weighted by Gasteiger charge is -2.15. The van der Waals surface area contributed by atoms with Crippen molar-refractivity contribution in [2.75, 3.05) is 17.2 Å². The molecule has 0 bridgehead atoms. The summed E-state index contributed by atoms with van der Waals surface area (Å²) < 4.78 is 2.04. The summed E-state index contributed by atoms with van der Waals surface area (Å²) in [6, 6.07) is 4.18. The Kier molecular flexibility index (Phi) is 6.05. The SMILES string of the molecule is CCCn1cnc2c(NCc3ccc(C)s3)nc(N[C@H](CC)CO)nc21. The van der Waals surface area contributed by atoms with Crippen molar-refractivity contribution in [3.05, 3.63) is 28.2 Å². The van der Waals surface area contributed by atoms with Crippen molar-refractivity contribution in [1.29, 1.82) is 0 Å². The van der Waals surface area contributed by atoms with Gasteiger partial charge < -0.3 is 20.3 Å². The van der Waals surface area contributed by atoms with Gasteiger partial charge in [-0.1, -0.05) is 13.8 Å². The van der Waals surface area contributed by atoms with Gasteiger partial charge in [-0.25, -0.2) is 4.98 Å². The van der Waals surface area contributed by atoms with Crippen LogP contribution >= 0.6 is 11.3 Å². The van der Waals surface area contributed by atoms with E-state index in [1.807, 2.05) is 17.8 Å². The molecule has 0 aliphatic carbocycles. The molecule has 0 fully saturated rings. The standard InChI is InChI=1S/C18H26N6OS/c1-4-8-24-11-20-15-16(19-9-14-7-6-12(3)26-14)22-18(23-17(15)24)21-13(5-2)10-25/h6-7,11,13,25H,4-5,8-10H2,1-3H3,(H2,19,21,22,23)/t13-/m1/s1. The highest BCUT2D eigenvalue weighted by Gasteiger charge is 2.15. The molecule has 3 aromatic heterocycles. The summed E-state index contributed by atoms with van der Waals surface area (Å²) in [5.41, 5.74) is 1.58. The topological polar surface area (TPSA) is 87.9 Å². The number of aromatic nitrogens is 4. The van der Waals surface area contributed by atoms with E-state index in [2.05, 4.69) is 51.6 Å². The average molecular weight is 375 g/mol. The van der Waals surface area contributed by atoms with E-state index >= 15 is 0 Å². The zero-order valence-corrected chi connectivity index (χ0v) is 16.3. The highest BCUT2D eigenvalue weighted by atomic mass is 32.1. The molecule has 3 rings (SSSR count). The second-order valence-corrected chi connectivity index (χ2v) is 7.68. The first-order valence-electron chi connectivity index (χ1n) is 9.04. The molecule has 3 heterocycles. The fourth-order valence-corrected chi connectivity index (χ4v) is 3.58. The van der Waals surface area contributed by atoms with E-state index in [4.69, 9.17) is 0 Å². The highest BCUT2D eigenvalue weighted by Crippen LogP contribution is 2.23. The normalized spacial score (nSPS) is 12.5. The van der Waals surface area contributed by atoms with Gasteiger partial charge in [0.05, 0.1) is 25.5 Å². The van der Waals surface area contributed by atoms with Crippen LogP contribution in [0.15, 0.2) is 18.5 Å². The van der Waals surface area contributed by atoms with E-state index in [1.54, 1.807) is 11.3 Å². The molecule has 26 heavy (non-hydrogen) atoms. The van der Waals surface area contributed by atoms with Gasteiger partial charge in [-0.2, -0.15) is 9.97 Å². The fraction of sp³-hybridized carbons (Fsp3) is 0.500. The Labute approximate surface area is 157 Å². The molecule has 0 saturated carbocycles. The molecular weight excluding hydrogens is 348 g/mol. The number of imidazole rings is 1. The van der Waals surface area contributed by atoms with Gasteiger partial charge in [0.2, 0.25) is 5.95 Å². The Hall–Kier alpha value is -2.19. The van der Waals surface area contributed by atoms with Gasteiger partial charge in [0.1, 0.15) is 0 Å². The van der Waals surface area contributed by atoms with Crippen LogP contribution in [0.2, 0.25) is 0 Å². The van der Waals surface area contributed by atoms with Gasteiger partial charge in [-0.3, -0.25) is 0 Å². The van der Waals surface area contributed by atoms with Crippen LogP contribution < -0.4 is 10.6 Å². The summed E-state index contributed by atoms with van der Waals surface area (Å²) in [6.45, 7) is 7.85.